The maximum absolute atomic E-state index is 13.5. The number of morpholine rings is 1. The standard InChI is InChI=1S/C27H36N4O4S/c1-19(2)36(33,34)21-7-8-22(23(17-21)30-13-11-27(9-10-27)12-14-30)26(32)29-24-5-4-6-25(28-24)31-15-16-35-20(3)18-31/h4-8,17,19-20H,9-16,18H2,1-3H3,(H,28,29,32)/t20-/m1/s1. The largest absolute Gasteiger partial charge is 0.375 e. The highest BCUT2D eigenvalue weighted by Crippen LogP contribution is 2.54. The normalized spacial score (nSPS) is 21.6. The van der Waals surface area contributed by atoms with Gasteiger partial charge in [0.25, 0.3) is 5.91 Å². The number of hydrogen-bond acceptors (Lipinski definition) is 7. The molecule has 1 N–H and O–H groups in total. The third-order valence-electron chi connectivity index (χ3n) is 7.83. The van der Waals surface area contributed by atoms with Crippen LogP contribution in [0.2, 0.25) is 0 Å². The summed E-state index contributed by atoms with van der Waals surface area (Å²) in [5.74, 6) is 0.981. The molecule has 1 amide bonds. The third-order valence-corrected chi connectivity index (χ3v) is 9.98. The van der Waals surface area contributed by atoms with Crippen molar-refractivity contribution in [3.8, 4) is 0 Å². The Bertz CT molecular complexity index is 1230. The summed E-state index contributed by atoms with van der Waals surface area (Å²) in [6.45, 7) is 9.20. The van der Waals surface area contributed by atoms with Crippen LogP contribution in [-0.4, -0.2) is 63.4 Å². The number of ether oxygens (including phenoxy) is 1. The average Bonchev–Trinajstić information content (AvgIpc) is 3.62. The van der Waals surface area contributed by atoms with Gasteiger partial charge in [0.1, 0.15) is 11.6 Å². The number of carbonyl (C=O) groups excluding carboxylic acids is 1. The van der Waals surface area contributed by atoms with Crippen LogP contribution in [0.1, 0.15) is 56.8 Å². The Morgan fingerprint density at radius 3 is 2.50 bits per heavy atom. The highest BCUT2D eigenvalue weighted by atomic mass is 32.2. The Balaban J connectivity index is 1.41. The minimum atomic E-state index is -3.46. The zero-order valence-electron chi connectivity index (χ0n) is 21.4. The lowest BCUT2D eigenvalue weighted by molar-refractivity contribution is 0.0529. The number of carbonyl (C=O) groups is 1. The molecule has 1 saturated carbocycles. The lowest BCUT2D eigenvalue weighted by atomic mass is 9.93. The van der Waals surface area contributed by atoms with Gasteiger partial charge < -0.3 is 19.9 Å². The Hall–Kier alpha value is -2.65. The predicted molar refractivity (Wildman–Crippen MR) is 142 cm³/mol. The molecule has 2 aromatic rings. The van der Waals surface area contributed by atoms with E-state index in [2.05, 4.69) is 20.1 Å². The molecular formula is C27H36N4O4S. The van der Waals surface area contributed by atoms with E-state index < -0.39 is 15.1 Å². The number of benzene rings is 1. The van der Waals surface area contributed by atoms with Crippen molar-refractivity contribution >= 4 is 33.1 Å². The summed E-state index contributed by atoms with van der Waals surface area (Å²) in [5, 5.41) is 2.42. The van der Waals surface area contributed by atoms with Crippen LogP contribution in [0, 0.1) is 5.41 Å². The number of rotatable bonds is 6. The van der Waals surface area contributed by atoms with Gasteiger partial charge in [-0.1, -0.05) is 6.07 Å². The molecule has 9 heteroatoms. The maximum Gasteiger partial charge on any atom is 0.258 e. The summed E-state index contributed by atoms with van der Waals surface area (Å²) < 4.78 is 31.5. The van der Waals surface area contributed by atoms with Gasteiger partial charge in [-0.05, 0) is 82.2 Å². The summed E-state index contributed by atoms with van der Waals surface area (Å²) in [7, 11) is -3.46. The molecule has 5 rings (SSSR count). The number of piperidine rings is 1. The second kappa shape index (κ2) is 9.67. The molecule has 1 aromatic carbocycles. The number of anilines is 3. The smallest absolute Gasteiger partial charge is 0.258 e. The van der Waals surface area contributed by atoms with E-state index in [1.807, 2.05) is 19.1 Å². The predicted octanol–water partition coefficient (Wildman–Crippen LogP) is 4.12. The molecule has 3 aliphatic rings. The van der Waals surface area contributed by atoms with Crippen LogP contribution in [0.25, 0.3) is 0 Å². The van der Waals surface area contributed by atoms with Gasteiger partial charge in [-0.15, -0.1) is 0 Å². The van der Waals surface area contributed by atoms with Gasteiger partial charge >= 0.3 is 0 Å². The molecule has 36 heavy (non-hydrogen) atoms. The van der Waals surface area contributed by atoms with Crippen LogP contribution in [0.4, 0.5) is 17.3 Å². The highest BCUT2D eigenvalue weighted by molar-refractivity contribution is 7.92. The second-order valence-electron chi connectivity index (χ2n) is 10.7. The Morgan fingerprint density at radius 1 is 1.08 bits per heavy atom. The summed E-state index contributed by atoms with van der Waals surface area (Å²) >= 11 is 0. The first-order valence-corrected chi connectivity index (χ1v) is 14.5. The summed E-state index contributed by atoms with van der Waals surface area (Å²) in [4.78, 5) is 22.8. The van der Waals surface area contributed by atoms with E-state index in [4.69, 9.17) is 4.74 Å². The first-order valence-electron chi connectivity index (χ1n) is 12.9. The number of pyridine rings is 1. The fourth-order valence-corrected chi connectivity index (χ4v) is 6.27. The van der Waals surface area contributed by atoms with Gasteiger partial charge in [-0.3, -0.25) is 4.79 Å². The molecule has 1 aromatic heterocycles. The van der Waals surface area contributed by atoms with Crippen molar-refractivity contribution in [2.75, 3.05) is 47.9 Å². The van der Waals surface area contributed by atoms with Crippen LogP contribution < -0.4 is 15.1 Å². The van der Waals surface area contributed by atoms with Crippen molar-refractivity contribution in [3.63, 3.8) is 0 Å². The van der Waals surface area contributed by atoms with Gasteiger partial charge in [0.15, 0.2) is 9.84 Å². The topological polar surface area (TPSA) is 91.8 Å². The molecule has 2 aliphatic heterocycles. The number of sulfone groups is 1. The quantitative estimate of drug-likeness (QED) is 0.622. The fraction of sp³-hybridized carbons (Fsp3) is 0.556. The highest BCUT2D eigenvalue weighted by Gasteiger charge is 2.44. The Kier molecular flexibility index (Phi) is 6.72. The van der Waals surface area contributed by atoms with Crippen molar-refractivity contribution in [2.45, 2.75) is 62.7 Å². The molecular weight excluding hydrogens is 476 g/mol. The van der Waals surface area contributed by atoms with E-state index >= 15 is 0 Å². The molecule has 1 aliphatic carbocycles. The van der Waals surface area contributed by atoms with Gasteiger partial charge in [-0.25, -0.2) is 13.4 Å². The van der Waals surface area contributed by atoms with Crippen molar-refractivity contribution < 1.29 is 17.9 Å². The zero-order valence-corrected chi connectivity index (χ0v) is 22.2. The molecule has 1 atom stereocenters. The fourth-order valence-electron chi connectivity index (χ4n) is 5.19. The van der Waals surface area contributed by atoms with Crippen molar-refractivity contribution in [2.24, 2.45) is 5.41 Å². The van der Waals surface area contributed by atoms with Crippen molar-refractivity contribution in [3.05, 3.63) is 42.0 Å². The number of aromatic nitrogens is 1. The molecule has 0 unspecified atom stereocenters. The van der Waals surface area contributed by atoms with Crippen LogP contribution >= 0.6 is 0 Å². The minimum absolute atomic E-state index is 0.126. The van der Waals surface area contributed by atoms with E-state index in [1.54, 1.807) is 38.1 Å². The van der Waals surface area contributed by atoms with Gasteiger partial charge in [0, 0.05) is 26.2 Å². The van der Waals surface area contributed by atoms with Crippen molar-refractivity contribution in [1.82, 2.24) is 4.98 Å². The second-order valence-corrected chi connectivity index (χ2v) is 13.2. The third kappa shape index (κ3) is 5.09. The van der Waals surface area contributed by atoms with Crippen molar-refractivity contribution in [1.29, 1.82) is 0 Å². The van der Waals surface area contributed by atoms with E-state index in [0.717, 1.165) is 44.8 Å². The summed E-state index contributed by atoms with van der Waals surface area (Å²) in [5.41, 5.74) is 1.63. The lowest BCUT2D eigenvalue weighted by Crippen LogP contribution is -2.41. The molecule has 194 valence electrons. The molecule has 1 spiro atoms. The first-order chi connectivity index (χ1) is 17.2. The van der Waals surface area contributed by atoms with Crippen LogP contribution in [0.5, 0.6) is 0 Å². The zero-order chi connectivity index (χ0) is 25.5. The molecule has 0 radical (unpaired) electrons. The molecule has 0 bridgehead atoms. The van der Waals surface area contributed by atoms with Gasteiger partial charge in [0.2, 0.25) is 0 Å². The van der Waals surface area contributed by atoms with E-state index in [1.165, 1.54) is 12.8 Å². The maximum atomic E-state index is 13.5. The van der Waals surface area contributed by atoms with Crippen LogP contribution in [0.3, 0.4) is 0 Å². The first kappa shape index (κ1) is 25.0. The SMILES string of the molecule is CC(C)S(=O)(=O)c1ccc(C(=O)Nc2cccc(N3CCO[C@H](C)C3)n2)c(N2CCC3(CC2)CC3)c1. The van der Waals surface area contributed by atoms with Crippen LogP contribution in [-0.2, 0) is 14.6 Å². The number of hydrogen-bond donors (Lipinski definition) is 1. The number of amides is 1. The molecule has 8 nitrogen and oxygen atoms in total. The molecule has 3 heterocycles. The van der Waals surface area contributed by atoms with E-state index in [-0.39, 0.29) is 16.9 Å². The lowest BCUT2D eigenvalue weighted by Gasteiger charge is -2.35. The Morgan fingerprint density at radius 2 is 1.83 bits per heavy atom. The van der Waals surface area contributed by atoms with Gasteiger partial charge in [0.05, 0.1) is 34.1 Å². The monoisotopic (exact) mass is 512 g/mol. The summed E-state index contributed by atoms with van der Waals surface area (Å²) in [6.07, 6.45) is 4.84. The number of nitrogens with one attached hydrogen (secondary N) is 1. The van der Waals surface area contributed by atoms with E-state index in [9.17, 15) is 13.2 Å². The van der Waals surface area contributed by atoms with E-state index in [0.29, 0.717) is 29.1 Å². The summed E-state index contributed by atoms with van der Waals surface area (Å²) in [6, 6.07) is 10.5. The minimum Gasteiger partial charge on any atom is -0.375 e. The van der Waals surface area contributed by atoms with Gasteiger partial charge in [-0.2, -0.15) is 0 Å². The molecule has 3 fully saturated rings. The molecule has 2 saturated heterocycles. The number of nitrogens with zero attached hydrogens (tertiary/aromatic N) is 3. The average molecular weight is 513 g/mol. The van der Waals surface area contributed by atoms with Crippen LogP contribution in [0.15, 0.2) is 41.3 Å². The Labute approximate surface area is 213 Å².